The number of aryl methyl sites for hydroxylation is 2. The molecule has 0 aliphatic carbocycles. The van der Waals surface area contributed by atoms with Gasteiger partial charge in [0.2, 0.25) is 0 Å². The predicted octanol–water partition coefficient (Wildman–Crippen LogP) is 3.06. The Morgan fingerprint density at radius 1 is 1.43 bits per heavy atom. The van der Waals surface area contributed by atoms with Crippen LogP contribution in [0.5, 0.6) is 5.75 Å². The van der Waals surface area contributed by atoms with Crippen LogP contribution >= 0.6 is 0 Å². The van der Waals surface area contributed by atoms with Crippen molar-refractivity contribution < 1.29 is 9.53 Å². The average molecular weight is 313 g/mol. The van der Waals surface area contributed by atoms with Crippen molar-refractivity contribution in [3.63, 3.8) is 0 Å². The van der Waals surface area contributed by atoms with E-state index in [2.05, 4.69) is 16.5 Å². The van der Waals surface area contributed by atoms with Crippen molar-refractivity contribution >= 4 is 5.91 Å². The van der Waals surface area contributed by atoms with Crippen molar-refractivity contribution in [3.8, 4) is 5.75 Å². The maximum Gasteiger partial charge on any atom is 0.274 e. The van der Waals surface area contributed by atoms with Crippen molar-refractivity contribution in [2.45, 2.75) is 38.8 Å². The van der Waals surface area contributed by atoms with Crippen LogP contribution in [0.25, 0.3) is 0 Å². The molecule has 3 rings (SSSR count). The van der Waals surface area contributed by atoms with Crippen LogP contribution in [0.2, 0.25) is 0 Å². The quantitative estimate of drug-likeness (QED) is 0.852. The molecule has 5 heteroatoms. The number of aromatic nitrogens is 2. The lowest BCUT2D eigenvalue weighted by atomic mass is 10.0. The number of hydrogen-bond donors (Lipinski definition) is 0. The van der Waals surface area contributed by atoms with Gasteiger partial charge >= 0.3 is 0 Å². The van der Waals surface area contributed by atoms with Gasteiger partial charge in [0, 0.05) is 31.8 Å². The fourth-order valence-corrected chi connectivity index (χ4v) is 3.32. The van der Waals surface area contributed by atoms with Gasteiger partial charge in [-0.3, -0.25) is 4.79 Å². The highest BCUT2D eigenvalue weighted by atomic mass is 16.5. The summed E-state index contributed by atoms with van der Waals surface area (Å²) in [5.74, 6) is 1.79. The van der Waals surface area contributed by atoms with E-state index in [1.54, 1.807) is 12.0 Å². The first-order chi connectivity index (χ1) is 11.2. The summed E-state index contributed by atoms with van der Waals surface area (Å²) in [6.45, 7) is 3.04. The van der Waals surface area contributed by atoms with Crippen molar-refractivity contribution in [3.05, 3.63) is 47.5 Å². The van der Waals surface area contributed by atoms with Gasteiger partial charge in [-0.1, -0.05) is 25.1 Å². The lowest BCUT2D eigenvalue weighted by Gasteiger charge is -2.28. The Bertz CT molecular complexity index is 687. The molecule has 0 bridgehead atoms. The molecule has 0 fully saturated rings. The normalized spacial score (nSPS) is 14.4. The highest BCUT2D eigenvalue weighted by Gasteiger charge is 2.26. The van der Waals surface area contributed by atoms with Crippen LogP contribution < -0.4 is 4.74 Å². The van der Waals surface area contributed by atoms with Crippen LogP contribution in [0.4, 0.5) is 0 Å². The molecular formula is C18H23N3O2. The molecule has 5 nitrogen and oxygen atoms in total. The minimum absolute atomic E-state index is 0.0322. The Balaban J connectivity index is 1.86. The highest BCUT2D eigenvalue weighted by molar-refractivity contribution is 5.92. The molecule has 1 unspecified atom stereocenters. The van der Waals surface area contributed by atoms with Crippen LogP contribution in [0.1, 0.15) is 47.7 Å². The second-order valence-corrected chi connectivity index (χ2v) is 5.92. The molecule has 1 atom stereocenters. The van der Waals surface area contributed by atoms with E-state index in [0.29, 0.717) is 5.69 Å². The Morgan fingerprint density at radius 3 is 2.91 bits per heavy atom. The molecule has 23 heavy (non-hydrogen) atoms. The van der Waals surface area contributed by atoms with E-state index in [9.17, 15) is 4.79 Å². The second kappa shape index (κ2) is 6.44. The number of benzene rings is 1. The number of imidazole rings is 1. The number of ether oxygens (including phenoxy) is 1. The highest BCUT2D eigenvalue weighted by Crippen LogP contribution is 2.31. The Kier molecular flexibility index (Phi) is 4.37. The molecule has 1 amide bonds. The van der Waals surface area contributed by atoms with Crippen LogP contribution in [-0.4, -0.2) is 34.5 Å². The molecular weight excluding hydrogens is 290 g/mol. The van der Waals surface area contributed by atoms with E-state index in [0.717, 1.165) is 42.9 Å². The Morgan fingerprint density at radius 2 is 2.22 bits per heavy atom. The molecule has 0 saturated heterocycles. The minimum Gasteiger partial charge on any atom is -0.496 e. The molecule has 2 heterocycles. The zero-order valence-electron chi connectivity index (χ0n) is 14.0. The van der Waals surface area contributed by atoms with Gasteiger partial charge in [0.15, 0.2) is 0 Å². The summed E-state index contributed by atoms with van der Waals surface area (Å²) in [6.07, 6.45) is 4.78. The molecule has 0 radical (unpaired) electrons. The second-order valence-electron chi connectivity index (χ2n) is 5.92. The van der Waals surface area contributed by atoms with Crippen LogP contribution in [0, 0.1) is 0 Å². The number of methoxy groups -OCH3 is 1. The van der Waals surface area contributed by atoms with Gasteiger partial charge in [-0.25, -0.2) is 4.98 Å². The number of fused-ring (bicyclic) bond motifs is 1. The van der Waals surface area contributed by atoms with Crippen molar-refractivity contribution in [2.75, 3.05) is 14.2 Å². The van der Waals surface area contributed by atoms with Gasteiger partial charge in [-0.2, -0.15) is 0 Å². The molecule has 1 aromatic carbocycles. The molecule has 0 saturated carbocycles. The zero-order valence-corrected chi connectivity index (χ0v) is 14.0. The summed E-state index contributed by atoms with van der Waals surface area (Å²) in [5.41, 5.74) is 1.57. The molecule has 122 valence electrons. The van der Waals surface area contributed by atoms with Gasteiger partial charge in [-0.15, -0.1) is 0 Å². The standard InChI is InChI=1S/C18H23N3O2/c1-4-15(13-8-5-6-9-16(13)23-3)20(2)18(22)14-12-21-11-7-10-17(21)19-14/h5-6,8-9,12,15H,4,7,10-11H2,1-3H3. The number of carbonyl (C=O) groups excluding carboxylic acids is 1. The van der Waals surface area contributed by atoms with E-state index < -0.39 is 0 Å². The summed E-state index contributed by atoms with van der Waals surface area (Å²) in [4.78, 5) is 19.1. The first-order valence-electron chi connectivity index (χ1n) is 8.11. The number of carbonyl (C=O) groups is 1. The third-order valence-corrected chi connectivity index (χ3v) is 4.55. The first-order valence-corrected chi connectivity index (χ1v) is 8.11. The number of hydrogen-bond acceptors (Lipinski definition) is 3. The topological polar surface area (TPSA) is 47.4 Å². The number of para-hydroxylation sites is 1. The summed E-state index contributed by atoms with van der Waals surface area (Å²) in [7, 11) is 3.50. The lowest BCUT2D eigenvalue weighted by molar-refractivity contribution is 0.0718. The van der Waals surface area contributed by atoms with Crippen LogP contribution in [-0.2, 0) is 13.0 Å². The summed E-state index contributed by atoms with van der Waals surface area (Å²) >= 11 is 0. The Labute approximate surface area is 136 Å². The SMILES string of the molecule is CCC(c1ccccc1OC)N(C)C(=O)c1cn2c(n1)CCC2. The van der Waals surface area contributed by atoms with E-state index in [-0.39, 0.29) is 11.9 Å². The minimum atomic E-state index is -0.0374. The van der Waals surface area contributed by atoms with Gasteiger partial charge in [0.05, 0.1) is 13.2 Å². The van der Waals surface area contributed by atoms with Gasteiger partial charge < -0.3 is 14.2 Å². The molecule has 0 N–H and O–H groups in total. The predicted molar refractivity (Wildman–Crippen MR) is 88.7 cm³/mol. The summed E-state index contributed by atoms with van der Waals surface area (Å²) in [6, 6.07) is 7.84. The number of rotatable bonds is 5. The zero-order chi connectivity index (χ0) is 16.4. The molecule has 0 spiro atoms. The fourth-order valence-electron chi connectivity index (χ4n) is 3.32. The van der Waals surface area contributed by atoms with Crippen molar-refractivity contribution in [2.24, 2.45) is 0 Å². The molecule has 2 aromatic rings. The summed E-state index contributed by atoms with van der Waals surface area (Å²) in [5, 5.41) is 0. The van der Waals surface area contributed by atoms with Gasteiger partial charge in [-0.05, 0) is 18.9 Å². The van der Waals surface area contributed by atoms with E-state index in [1.807, 2.05) is 37.5 Å². The third-order valence-electron chi connectivity index (χ3n) is 4.55. The van der Waals surface area contributed by atoms with Gasteiger partial charge in [0.1, 0.15) is 17.3 Å². The Hall–Kier alpha value is -2.30. The first kappa shape index (κ1) is 15.6. The third kappa shape index (κ3) is 2.83. The average Bonchev–Trinajstić information content (AvgIpc) is 3.16. The molecule has 1 aromatic heterocycles. The molecule has 1 aliphatic heterocycles. The molecule has 1 aliphatic rings. The number of amides is 1. The van der Waals surface area contributed by atoms with Gasteiger partial charge in [0.25, 0.3) is 5.91 Å². The maximum atomic E-state index is 12.8. The van der Waals surface area contributed by atoms with E-state index in [4.69, 9.17) is 4.74 Å². The smallest absolute Gasteiger partial charge is 0.274 e. The summed E-state index contributed by atoms with van der Waals surface area (Å²) < 4.78 is 7.54. The fraction of sp³-hybridized carbons (Fsp3) is 0.444. The maximum absolute atomic E-state index is 12.8. The number of nitrogens with zero attached hydrogens (tertiary/aromatic N) is 3. The van der Waals surface area contributed by atoms with Crippen LogP contribution in [0.15, 0.2) is 30.5 Å². The monoisotopic (exact) mass is 313 g/mol. The van der Waals surface area contributed by atoms with Crippen molar-refractivity contribution in [1.82, 2.24) is 14.5 Å². The lowest BCUT2D eigenvalue weighted by Crippen LogP contribution is -2.31. The van der Waals surface area contributed by atoms with E-state index in [1.165, 1.54) is 0 Å². The van der Waals surface area contributed by atoms with Crippen molar-refractivity contribution in [1.29, 1.82) is 0 Å². The largest absolute Gasteiger partial charge is 0.496 e. The van der Waals surface area contributed by atoms with Crippen LogP contribution in [0.3, 0.4) is 0 Å². The van der Waals surface area contributed by atoms with E-state index >= 15 is 0 Å².